The molecule has 3 aromatic carbocycles. The molecule has 0 bridgehead atoms. The van der Waals surface area contributed by atoms with Crippen LogP contribution < -0.4 is 9.46 Å². The number of hydrogen-bond donors (Lipinski definition) is 1. The number of rotatable bonds is 8. The number of anilines is 1. The molecule has 1 N–H and O–H groups in total. The minimum absolute atomic E-state index is 0.0975. The molecule has 0 saturated heterocycles. The van der Waals surface area contributed by atoms with Gasteiger partial charge in [0.05, 0.1) is 17.1 Å². The summed E-state index contributed by atoms with van der Waals surface area (Å²) in [6.07, 6.45) is 0. The molecule has 32 heavy (non-hydrogen) atoms. The van der Waals surface area contributed by atoms with E-state index >= 15 is 0 Å². The Bertz CT molecular complexity index is 1190. The monoisotopic (exact) mass is 452 g/mol. The Kier molecular flexibility index (Phi) is 7.20. The van der Waals surface area contributed by atoms with Crippen LogP contribution in [0.15, 0.2) is 71.6 Å². The molecule has 7 heteroatoms. The van der Waals surface area contributed by atoms with E-state index in [1.54, 1.807) is 24.1 Å². The van der Waals surface area contributed by atoms with Gasteiger partial charge in [0.2, 0.25) is 0 Å². The summed E-state index contributed by atoms with van der Waals surface area (Å²) in [5.74, 6) is 0.547. The van der Waals surface area contributed by atoms with Crippen LogP contribution in [0.25, 0.3) is 0 Å². The molecule has 0 saturated carbocycles. The van der Waals surface area contributed by atoms with Crippen LogP contribution in [0.1, 0.15) is 27.0 Å². The number of ether oxygens (including phenoxy) is 1. The Morgan fingerprint density at radius 1 is 0.938 bits per heavy atom. The van der Waals surface area contributed by atoms with Crippen LogP contribution in [0, 0.1) is 20.8 Å². The molecule has 0 radical (unpaired) electrons. The molecule has 3 rings (SSSR count). The predicted octanol–water partition coefficient (Wildman–Crippen LogP) is 4.56. The van der Waals surface area contributed by atoms with Gasteiger partial charge in [0.25, 0.3) is 15.9 Å². The second-order valence-corrected chi connectivity index (χ2v) is 9.45. The number of likely N-dealkylation sites (N-methyl/N-ethyl adjacent to an activating group) is 1. The first-order valence-corrected chi connectivity index (χ1v) is 11.8. The Labute approximate surface area is 189 Å². The third kappa shape index (κ3) is 5.68. The number of carbonyl (C=O) groups excluding carboxylic acids is 1. The van der Waals surface area contributed by atoms with Crippen molar-refractivity contribution in [1.29, 1.82) is 0 Å². The van der Waals surface area contributed by atoms with Gasteiger partial charge in [-0.05, 0) is 74.4 Å². The van der Waals surface area contributed by atoms with Crippen molar-refractivity contribution in [1.82, 2.24) is 4.90 Å². The zero-order chi connectivity index (χ0) is 23.3. The van der Waals surface area contributed by atoms with Crippen LogP contribution in [0.5, 0.6) is 5.75 Å². The van der Waals surface area contributed by atoms with Gasteiger partial charge in [-0.3, -0.25) is 9.52 Å². The molecule has 0 atom stereocenters. The lowest BCUT2D eigenvalue weighted by molar-refractivity contribution is 0.0773. The van der Waals surface area contributed by atoms with E-state index in [0.717, 1.165) is 22.4 Å². The summed E-state index contributed by atoms with van der Waals surface area (Å²) < 4.78 is 33.8. The maximum absolute atomic E-state index is 12.8. The largest absolute Gasteiger partial charge is 0.492 e. The first kappa shape index (κ1) is 23.3. The van der Waals surface area contributed by atoms with Crippen LogP contribution in [0.3, 0.4) is 0 Å². The van der Waals surface area contributed by atoms with Crippen LogP contribution >= 0.6 is 0 Å². The molecule has 0 heterocycles. The number of benzene rings is 3. The number of nitrogens with zero attached hydrogens (tertiary/aromatic N) is 1. The van der Waals surface area contributed by atoms with E-state index in [0.29, 0.717) is 24.4 Å². The summed E-state index contributed by atoms with van der Waals surface area (Å²) in [6.45, 7) is 6.56. The molecule has 1 amide bonds. The number of hydrogen-bond acceptors (Lipinski definition) is 4. The molecule has 0 unspecified atom stereocenters. The number of sulfonamides is 1. The van der Waals surface area contributed by atoms with Gasteiger partial charge in [-0.15, -0.1) is 0 Å². The highest BCUT2D eigenvalue weighted by atomic mass is 32.2. The van der Waals surface area contributed by atoms with Crippen molar-refractivity contribution in [2.75, 3.05) is 24.9 Å². The van der Waals surface area contributed by atoms with Crippen molar-refractivity contribution in [3.8, 4) is 5.75 Å². The van der Waals surface area contributed by atoms with Crippen molar-refractivity contribution in [3.63, 3.8) is 0 Å². The number of carbonyl (C=O) groups is 1. The molecule has 0 fully saturated rings. The van der Waals surface area contributed by atoms with Gasteiger partial charge in [0.1, 0.15) is 12.4 Å². The smallest absolute Gasteiger partial charge is 0.261 e. The fraction of sp³-hybridized carbons (Fsp3) is 0.240. The highest BCUT2D eigenvalue weighted by Crippen LogP contribution is 2.22. The van der Waals surface area contributed by atoms with Gasteiger partial charge in [0, 0.05) is 12.6 Å². The van der Waals surface area contributed by atoms with E-state index in [1.165, 1.54) is 24.3 Å². The third-order valence-corrected chi connectivity index (χ3v) is 6.71. The highest BCUT2D eigenvalue weighted by molar-refractivity contribution is 7.92. The van der Waals surface area contributed by atoms with Crippen LogP contribution in [-0.2, 0) is 10.0 Å². The minimum atomic E-state index is -3.76. The van der Waals surface area contributed by atoms with Gasteiger partial charge >= 0.3 is 0 Å². The molecule has 0 aromatic heterocycles. The molecule has 6 nitrogen and oxygen atoms in total. The maximum Gasteiger partial charge on any atom is 0.261 e. The lowest BCUT2D eigenvalue weighted by atomic mass is 10.1. The fourth-order valence-electron chi connectivity index (χ4n) is 3.10. The van der Waals surface area contributed by atoms with Crippen LogP contribution in [0.4, 0.5) is 5.69 Å². The fourth-order valence-corrected chi connectivity index (χ4v) is 4.22. The van der Waals surface area contributed by atoms with Crippen molar-refractivity contribution in [2.24, 2.45) is 0 Å². The normalized spacial score (nSPS) is 11.1. The minimum Gasteiger partial charge on any atom is -0.492 e. The zero-order valence-electron chi connectivity index (χ0n) is 18.8. The first-order chi connectivity index (χ1) is 15.2. The summed E-state index contributed by atoms with van der Waals surface area (Å²) >= 11 is 0. The van der Waals surface area contributed by atoms with E-state index in [1.807, 2.05) is 51.1 Å². The van der Waals surface area contributed by atoms with E-state index in [4.69, 9.17) is 4.74 Å². The summed E-state index contributed by atoms with van der Waals surface area (Å²) in [5, 5.41) is 0. The Morgan fingerprint density at radius 2 is 1.59 bits per heavy atom. The molecule has 3 aromatic rings. The second-order valence-electron chi connectivity index (χ2n) is 7.77. The molecule has 0 spiro atoms. The van der Waals surface area contributed by atoms with Crippen LogP contribution in [0.2, 0.25) is 0 Å². The van der Waals surface area contributed by atoms with Crippen molar-refractivity contribution in [3.05, 3.63) is 89.0 Å². The first-order valence-electron chi connectivity index (χ1n) is 10.3. The molecular formula is C25H28N2O4S. The average Bonchev–Trinajstić information content (AvgIpc) is 2.77. The molecule has 0 aliphatic heterocycles. The van der Waals surface area contributed by atoms with Crippen molar-refractivity contribution in [2.45, 2.75) is 25.7 Å². The Balaban J connectivity index is 1.61. The molecule has 0 aliphatic carbocycles. The van der Waals surface area contributed by atoms with Crippen molar-refractivity contribution >= 4 is 21.6 Å². The van der Waals surface area contributed by atoms with E-state index in [2.05, 4.69) is 4.72 Å². The highest BCUT2D eigenvalue weighted by Gasteiger charge is 2.18. The average molecular weight is 453 g/mol. The Hall–Kier alpha value is -3.32. The second kappa shape index (κ2) is 9.87. The van der Waals surface area contributed by atoms with Crippen molar-refractivity contribution < 1.29 is 17.9 Å². The van der Waals surface area contributed by atoms with Gasteiger partial charge < -0.3 is 9.64 Å². The molecular weight excluding hydrogens is 424 g/mol. The molecule has 168 valence electrons. The van der Waals surface area contributed by atoms with E-state index < -0.39 is 10.0 Å². The quantitative estimate of drug-likeness (QED) is 0.543. The summed E-state index contributed by atoms with van der Waals surface area (Å²) in [5.41, 5.74) is 3.98. The number of amides is 1. The van der Waals surface area contributed by atoms with E-state index in [9.17, 15) is 13.2 Å². The maximum atomic E-state index is 12.8. The van der Waals surface area contributed by atoms with Crippen LogP contribution in [-0.4, -0.2) is 39.4 Å². The number of nitrogens with one attached hydrogen (secondary N) is 1. The van der Waals surface area contributed by atoms with Gasteiger partial charge in [-0.1, -0.05) is 29.8 Å². The summed E-state index contributed by atoms with van der Waals surface area (Å²) in [4.78, 5) is 14.3. The topological polar surface area (TPSA) is 75.7 Å². The summed E-state index contributed by atoms with van der Waals surface area (Å²) in [6, 6.07) is 19.1. The predicted molar refractivity (Wildman–Crippen MR) is 127 cm³/mol. The van der Waals surface area contributed by atoms with E-state index in [-0.39, 0.29) is 10.8 Å². The number of aryl methyl sites for hydroxylation is 2. The third-order valence-electron chi connectivity index (χ3n) is 5.32. The SMILES string of the molecule is Cc1ccc(OCCN(C)C(=O)c2ccc(S(=O)(=O)Nc3cccc(C)c3C)cc2)cc1. The summed E-state index contributed by atoms with van der Waals surface area (Å²) in [7, 11) is -2.07. The van der Waals surface area contributed by atoms with Gasteiger partial charge in [-0.2, -0.15) is 0 Å². The molecule has 0 aliphatic rings. The Morgan fingerprint density at radius 3 is 2.25 bits per heavy atom. The lowest BCUT2D eigenvalue weighted by Crippen LogP contribution is -2.30. The van der Waals surface area contributed by atoms with Gasteiger partial charge in [-0.25, -0.2) is 8.42 Å². The lowest BCUT2D eigenvalue weighted by Gasteiger charge is -2.18. The zero-order valence-corrected chi connectivity index (χ0v) is 19.6. The standard InChI is InChI=1S/C25H28N2O4S/c1-18-8-12-22(13-9-18)31-17-16-27(4)25(28)21-10-14-23(15-11-21)32(29,30)26-24-7-5-6-19(2)20(24)3/h5-15,26H,16-17H2,1-4H3. The van der Waals surface area contributed by atoms with Gasteiger partial charge in [0.15, 0.2) is 0 Å².